The minimum Gasteiger partial charge on any atom is -0.497 e. The molecule has 2 aromatic carbocycles. The highest BCUT2D eigenvalue weighted by molar-refractivity contribution is 5.94. The number of amides is 2. The van der Waals surface area contributed by atoms with E-state index in [1.54, 1.807) is 18.1 Å². The van der Waals surface area contributed by atoms with Crippen molar-refractivity contribution in [1.82, 2.24) is 5.32 Å². The normalized spacial score (nSPS) is 11.0. The molecule has 2 aromatic rings. The van der Waals surface area contributed by atoms with E-state index in [2.05, 4.69) is 26.1 Å². The van der Waals surface area contributed by atoms with E-state index in [1.165, 1.54) is 12.5 Å². The molecule has 0 fully saturated rings. The van der Waals surface area contributed by atoms with E-state index in [4.69, 9.17) is 4.74 Å². The van der Waals surface area contributed by atoms with Crippen molar-refractivity contribution in [2.45, 2.75) is 33.1 Å². The second-order valence-corrected chi connectivity index (χ2v) is 7.46. The average Bonchev–Trinajstić information content (AvgIpc) is 2.64. The van der Waals surface area contributed by atoms with E-state index in [1.807, 2.05) is 42.5 Å². The molecule has 0 bridgehead atoms. The van der Waals surface area contributed by atoms with E-state index in [0.717, 1.165) is 5.69 Å². The fourth-order valence-corrected chi connectivity index (χ4v) is 2.75. The van der Waals surface area contributed by atoms with E-state index in [9.17, 15) is 9.59 Å². The molecule has 1 N–H and O–H groups in total. The van der Waals surface area contributed by atoms with E-state index >= 15 is 0 Å². The lowest BCUT2D eigenvalue weighted by Gasteiger charge is -2.22. The van der Waals surface area contributed by atoms with Crippen molar-refractivity contribution in [3.8, 4) is 5.75 Å². The number of anilines is 1. The minimum atomic E-state index is -0.149. The predicted octanol–water partition coefficient (Wildman–Crippen LogP) is 3.78. The number of hydrogen-bond acceptors (Lipinski definition) is 3. The molecule has 0 heterocycles. The molecule has 27 heavy (non-hydrogen) atoms. The number of nitrogens with one attached hydrogen (secondary N) is 1. The molecule has 0 aliphatic carbocycles. The molecular formula is C22H28N2O3. The van der Waals surface area contributed by atoms with Crippen LogP contribution in [0.4, 0.5) is 5.69 Å². The first-order valence-corrected chi connectivity index (χ1v) is 9.03. The summed E-state index contributed by atoms with van der Waals surface area (Å²) in [5.74, 6) is 0.443. The highest BCUT2D eigenvalue weighted by Gasteiger charge is 2.15. The lowest BCUT2D eigenvalue weighted by molar-refractivity contribution is -0.116. The molecule has 0 spiro atoms. The van der Waals surface area contributed by atoms with Crippen molar-refractivity contribution in [3.63, 3.8) is 0 Å². The third-order valence-electron chi connectivity index (χ3n) is 4.38. The van der Waals surface area contributed by atoms with Gasteiger partial charge in [0.05, 0.1) is 7.11 Å². The summed E-state index contributed by atoms with van der Waals surface area (Å²) in [7, 11) is 1.59. The number of methoxy groups -OCH3 is 1. The summed E-state index contributed by atoms with van der Waals surface area (Å²) < 4.78 is 5.21. The Kier molecular flexibility index (Phi) is 6.61. The zero-order valence-corrected chi connectivity index (χ0v) is 16.7. The summed E-state index contributed by atoms with van der Waals surface area (Å²) >= 11 is 0. The van der Waals surface area contributed by atoms with Crippen LogP contribution in [-0.2, 0) is 10.2 Å². The van der Waals surface area contributed by atoms with Gasteiger partial charge in [-0.3, -0.25) is 9.59 Å². The van der Waals surface area contributed by atoms with Crippen molar-refractivity contribution in [1.29, 1.82) is 0 Å². The highest BCUT2D eigenvalue weighted by Crippen LogP contribution is 2.22. The molecule has 0 saturated carbocycles. The molecule has 144 valence electrons. The zero-order valence-electron chi connectivity index (χ0n) is 16.7. The van der Waals surface area contributed by atoms with Crippen LogP contribution < -0.4 is 15.0 Å². The van der Waals surface area contributed by atoms with Gasteiger partial charge in [0, 0.05) is 37.3 Å². The summed E-state index contributed by atoms with van der Waals surface area (Å²) in [6.07, 6.45) is 0. The van der Waals surface area contributed by atoms with E-state index in [0.29, 0.717) is 24.4 Å². The summed E-state index contributed by atoms with van der Waals surface area (Å²) in [6.45, 7) is 8.66. The smallest absolute Gasteiger partial charge is 0.251 e. The molecule has 0 aliphatic rings. The third kappa shape index (κ3) is 5.58. The number of ether oxygens (including phenoxy) is 1. The number of carbonyl (C=O) groups is 2. The molecule has 5 heteroatoms. The summed E-state index contributed by atoms with van der Waals surface area (Å²) in [5.41, 5.74) is 2.58. The second kappa shape index (κ2) is 8.71. The Morgan fingerprint density at radius 3 is 2.30 bits per heavy atom. The van der Waals surface area contributed by atoms with Gasteiger partial charge in [-0.1, -0.05) is 39.0 Å². The van der Waals surface area contributed by atoms with E-state index in [-0.39, 0.29) is 17.2 Å². The highest BCUT2D eigenvalue weighted by atomic mass is 16.5. The van der Waals surface area contributed by atoms with Gasteiger partial charge >= 0.3 is 0 Å². The summed E-state index contributed by atoms with van der Waals surface area (Å²) in [6, 6.07) is 14.9. The van der Waals surface area contributed by atoms with Gasteiger partial charge in [-0.2, -0.15) is 0 Å². The third-order valence-corrected chi connectivity index (χ3v) is 4.38. The number of nitrogens with zero attached hydrogens (tertiary/aromatic N) is 1. The van der Waals surface area contributed by atoms with Gasteiger partial charge in [0.2, 0.25) is 5.91 Å². The van der Waals surface area contributed by atoms with Crippen LogP contribution in [0.3, 0.4) is 0 Å². The molecule has 5 nitrogen and oxygen atoms in total. The van der Waals surface area contributed by atoms with Gasteiger partial charge in [0.25, 0.3) is 5.91 Å². The molecule has 0 aliphatic heterocycles. The molecule has 0 radical (unpaired) electrons. The number of benzene rings is 2. The molecule has 0 unspecified atom stereocenters. The van der Waals surface area contributed by atoms with Crippen molar-refractivity contribution in [2.24, 2.45) is 0 Å². The van der Waals surface area contributed by atoms with Crippen molar-refractivity contribution >= 4 is 17.5 Å². The van der Waals surface area contributed by atoms with Gasteiger partial charge in [-0.15, -0.1) is 0 Å². The van der Waals surface area contributed by atoms with Crippen LogP contribution >= 0.6 is 0 Å². The molecule has 0 atom stereocenters. The predicted molar refractivity (Wildman–Crippen MR) is 108 cm³/mol. The molecule has 0 aromatic heterocycles. The fraction of sp³-hybridized carbons (Fsp3) is 0.364. The lowest BCUT2D eigenvalue weighted by atomic mass is 9.87. The van der Waals surface area contributed by atoms with Gasteiger partial charge in [0.1, 0.15) is 5.75 Å². The van der Waals surface area contributed by atoms with Crippen molar-refractivity contribution < 1.29 is 14.3 Å². The van der Waals surface area contributed by atoms with Gasteiger partial charge in [0.15, 0.2) is 0 Å². The van der Waals surface area contributed by atoms with E-state index < -0.39 is 0 Å². The fourth-order valence-electron chi connectivity index (χ4n) is 2.75. The Bertz CT molecular complexity index is 792. The Hall–Kier alpha value is -2.82. The topological polar surface area (TPSA) is 58.6 Å². The average molecular weight is 368 g/mol. The summed E-state index contributed by atoms with van der Waals surface area (Å²) in [4.78, 5) is 26.0. The first kappa shape index (κ1) is 20.5. The molecule has 2 rings (SSSR count). The first-order chi connectivity index (χ1) is 12.7. The van der Waals surface area contributed by atoms with Gasteiger partial charge in [-0.25, -0.2) is 0 Å². The van der Waals surface area contributed by atoms with Crippen LogP contribution in [0.1, 0.15) is 43.6 Å². The quantitative estimate of drug-likeness (QED) is 0.844. The molecule has 0 saturated heterocycles. The standard InChI is InChI=1S/C22H28N2O3/c1-16(25)24(19-7-6-8-20(15-19)27-5)14-13-23-21(26)17-9-11-18(12-10-17)22(2,3)4/h6-12,15H,13-14H2,1-5H3,(H,23,26). The largest absolute Gasteiger partial charge is 0.497 e. The summed E-state index contributed by atoms with van der Waals surface area (Å²) in [5, 5.41) is 2.88. The van der Waals surface area contributed by atoms with Crippen LogP contribution in [0, 0.1) is 0 Å². The van der Waals surface area contributed by atoms with Crippen LogP contribution in [0.25, 0.3) is 0 Å². The Balaban J connectivity index is 1.98. The van der Waals surface area contributed by atoms with Crippen LogP contribution in [0.15, 0.2) is 48.5 Å². The maximum Gasteiger partial charge on any atom is 0.251 e. The maximum atomic E-state index is 12.4. The molecular weight excluding hydrogens is 340 g/mol. The number of hydrogen-bond donors (Lipinski definition) is 1. The zero-order chi connectivity index (χ0) is 20.0. The van der Waals surface area contributed by atoms with Gasteiger partial charge in [-0.05, 0) is 35.2 Å². The van der Waals surface area contributed by atoms with Gasteiger partial charge < -0.3 is 15.0 Å². The molecule has 2 amide bonds. The Morgan fingerprint density at radius 1 is 1.07 bits per heavy atom. The first-order valence-electron chi connectivity index (χ1n) is 9.03. The van der Waals surface area contributed by atoms with Crippen molar-refractivity contribution in [2.75, 3.05) is 25.1 Å². The lowest BCUT2D eigenvalue weighted by Crippen LogP contribution is -2.37. The number of rotatable bonds is 6. The van der Waals surface area contributed by atoms with Crippen molar-refractivity contribution in [3.05, 3.63) is 59.7 Å². The Morgan fingerprint density at radius 2 is 1.74 bits per heavy atom. The SMILES string of the molecule is COc1cccc(N(CCNC(=O)c2ccc(C(C)(C)C)cc2)C(C)=O)c1. The minimum absolute atomic E-state index is 0.0493. The van der Waals surface area contributed by atoms with Crippen LogP contribution in [0.2, 0.25) is 0 Å². The van der Waals surface area contributed by atoms with Crippen LogP contribution in [-0.4, -0.2) is 32.0 Å². The maximum absolute atomic E-state index is 12.4. The van der Waals surface area contributed by atoms with Crippen LogP contribution in [0.5, 0.6) is 5.75 Å². The monoisotopic (exact) mass is 368 g/mol. The Labute approximate surface area is 161 Å². The number of carbonyl (C=O) groups excluding carboxylic acids is 2. The second-order valence-electron chi connectivity index (χ2n) is 7.46.